The monoisotopic (exact) mass is 413 g/mol. The van der Waals surface area contributed by atoms with E-state index in [1.54, 1.807) is 23.6 Å². The molecule has 1 aliphatic heterocycles. The summed E-state index contributed by atoms with van der Waals surface area (Å²) in [7, 11) is 3.81. The Labute approximate surface area is 174 Å². The molecule has 0 radical (unpaired) electrons. The van der Waals surface area contributed by atoms with E-state index in [1.807, 2.05) is 38.2 Å². The van der Waals surface area contributed by atoms with Gasteiger partial charge in [0.25, 0.3) is 0 Å². The average Bonchev–Trinajstić information content (AvgIpc) is 3.12. The van der Waals surface area contributed by atoms with Crippen LogP contribution in [0.1, 0.15) is 21.7 Å². The maximum Gasteiger partial charge on any atom is 0.225 e. The van der Waals surface area contributed by atoms with Crippen molar-refractivity contribution in [2.24, 2.45) is 0 Å². The molecule has 3 aromatic rings. The van der Waals surface area contributed by atoms with Crippen LogP contribution >= 0.6 is 11.3 Å². The van der Waals surface area contributed by atoms with Crippen LogP contribution in [0.25, 0.3) is 11.1 Å². The molecule has 1 aromatic carbocycles. The van der Waals surface area contributed by atoms with Crippen molar-refractivity contribution in [3.05, 3.63) is 58.1 Å². The highest BCUT2D eigenvalue weighted by molar-refractivity contribution is 7.11. The van der Waals surface area contributed by atoms with Crippen LogP contribution in [0.3, 0.4) is 0 Å². The fraction of sp³-hybridized carbons (Fsp3) is 0.381. The molecule has 1 fully saturated rings. The molecule has 2 aromatic heterocycles. The second kappa shape index (κ2) is 8.52. The number of hydrogen-bond donors (Lipinski definition) is 0. The Bertz CT molecular complexity index is 993. The molecule has 8 heteroatoms. The molecule has 0 amide bonds. The summed E-state index contributed by atoms with van der Waals surface area (Å²) in [5.74, 6) is 0.329. The van der Waals surface area contributed by atoms with E-state index < -0.39 is 0 Å². The first-order chi connectivity index (χ1) is 14.0. The lowest BCUT2D eigenvalue weighted by Gasteiger charge is -2.33. The Kier molecular flexibility index (Phi) is 5.84. The number of ether oxygens (including phenoxy) is 1. The molecule has 1 saturated heterocycles. The molecule has 1 aliphatic rings. The number of aryl methyl sites for hydroxylation is 1. The van der Waals surface area contributed by atoms with E-state index in [9.17, 15) is 4.39 Å². The van der Waals surface area contributed by atoms with Crippen LogP contribution in [0.15, 0.2) is 36.7 Å². The molecule has 0 unspecified atom stereocenters. The fourth-order valence-corrected chi connectivity index (χ4v) is 4.27. The van der Waals surface area contributed by atoms with E-state index >= 15 is 0 Å². The summed E-state index contributed by atoms with van der Waals surface area (Å²) >= 11 is 1.72. The van der Waals surface area contributed by atoms with Gasteiger partial charge in [-0.25, -0.2) is 19.3 Å². The summed E-state index contributed by atoms with van der Waals surface area (Å²) < 4.78 is 20.0. The summed E-state index contributed by atoms with van der Waals surface area (Å²) in [6.45, 7) is 5.04. The van der Waals surface area contributed by atoms with Gasteiger partial charge in [-0.3, -0.25) is 4.90 Å². The first kappa shape index (κ1) is 19.9. The van der Waals surface area contributed by atoms with Crippen LogP contribution in [0.2, 0.25) is 0 Å². The van der Waals surface area contributed by atoms with Crippen LogP contribution in [0.5, 0.6) is 0 Å². The van der Waals surface area contributed by atoms with Gasteiger partial charge < -0.3 is 9.64 Å². The van der Waals surface area contributed by atoms with Crippen LogP contribution < -0.4 is 4.90 Å². The summed E-state index contributed by atoms with van der Waals surface area (Å²) in [6.07, 6.45) is 3.50. The first-order valence-electron chi connectivity index (χ1n) is 9.55. The zero-order valence-corrected chi connectivity index (χ0v) is 17.6. The van der Waals surface area contributed by atoms with Gasteiger partial charge in [0, 0.05) is 56.6 Å². The van der Waals surface area contributed by atoms with Gasteiger partial charge in [0.1, 0.15) is 11.9 Å². The molecule has 0 spiro atoms. The molecule has 0 aliphatic carbocycles. The van der Waals surface area contributed by atoms with Gasteiger partial charge >= 0.3 is 0 Å². The molecular formula is C21H24FN5OS. The maximum atomic E-state index is 13.8. The van der Waals surface area contributed by atoms with E-state index in [1.165, 1.54) is 17.0 Å². The Morgan fingerprint density at radius 3 is 2.86 bits per heavy atom. The summed E-state index contributed by atoms with van der Waals surface area (Å²) in [4.78, 5) is 19.0. The van der Waals surface area contributed by atoms with Gasteiger partial charge in [-0.15, -0.1) is 11.3 Å². The summed E-state index contributed by atoms with van der Waals surface area (Å²) in [6, 6.07) is 6.53. The van der Waals surface area contributed by atoms with Crippen molar-refractivity contribution in [1.29, 1.82) is 0 Å². The third-order valence-corrected chi connectivity index (χ3v) is 5.74. The Balaban J connectivity index is 1.65. The highest BCUT2D eigenvalue weighted by Crippen LogP contribution is 2.32. The van der Waals surface area contributed by atoms with E-state index in [0.29, 0.717) is 19.1 Å². The van der Waals surface area contributed by atoms with Crippen molar-refractivity contribution >= 4 is 17.3 Å². The minimum absolute atomic E-state index is 0.210. The van der Waals surface area contributed by atoms with Crippen molar-refractivity contribution in [3.63, 3.8) is 0 Å². The maximum absolute atomic E-state index is 13.8. The standard InChI is InChI=1S/C21H24FN5OS/c1-14-23-10-17(29-14)12-27-7-8-28-19(13-27)20-18(11-24-21(25-20)26(2)3)15-5-4-6-16(22)9-15/h4-6,9-11,19H,7-8,12-13H2,1-3H3/t19-/m1/s1. The van der Waals surface area contributed by atoms with Crippen molar-refractivity contribution in [1.82, 2.24) is 19.9 Å². The van der Waals surface area contributed by atoms with E-state index in [4.69, 9.17) is 9.72 Å². The van der Waals surface area contributed by atoms with Crippen molar-refractivity contribution in [3.8, 4) is 11.1 Å². The average molecular weight is 414 g/mol. The predicted molar refractivity (Wildman–Crippen MR) is 113 cm³/mol. The number of anilines is 1. The number of rotatable bonds is 5. The third kappa shape index (κ3) is 4.60. The normalized spacial score (nSPS) is 17.4. The lowest BCUT2D eigenvalue weighted by atomic mass is 10.0. The van der Waals surface area contributed by atoms with Crippen molar-refractivity contribution in [2.45, 2.75) is 19.6 Å². The third-order valence-electron chi connectivity index (χ3n) is 4.85. The number of halogens is 1. The van der Waals surface area contributed by atoms with Gasteiger partial charge in [0.2, 0.25) is 5.95 Å². The van der Waals surface area contributed by atoms with Gasteiger partial charge in [-0.1, -0.05) is 12.1 Å². The van der Waals surface area contributed by atoms with E-state index in [2.05, 4.69) is 14.9 Å². The molecule has 6 nitrogen and oxygen atoms in total. The molecule has 29 heavy (non-hydrogen) atoms. The van der Waals surface area contributed by atoms with Gasteiger partial charge in [-0.05, 0) is 24.6 Å². The minimum Gasteiger partial charge on any atom is -0.369 e. The Morgan fingerprint density at radius 1 is 1.28 bits per heavy atom. The lowest BCUT2D eigenvalue weighted by Crippen LogP contribution is -2.38. The Morgan fingerprint density at radius 2 is 2.14 bits per heavy atom. The van der Waals surface area contributed by atoms with Crippen molar-refractivity contribution in [2.75, 3.05) is 38.7 Å². The second-order valence-corrected chi connectivity index (χ2v) is 8.63. The number of morpholine rings is 1. The molecular weight excluding hydrogens is 389 g/mol. The molecule has 1 atom stereocenters. The molecule has 0 saturated carbocycles. The quantitative estimate of drug-likeness (QED) is 0.636. The largest absolute Gasteiger partial charge is 0.369 e. The first-order valence-corrected chi connectivity index (χ1v) is 10.4. The van der Waals surface area contributed by atoms with Gasteiger partial charge in [0.15, 0.2) is 0 Å². The fourth-order valence-electron chi connectivity index (χ4n) is 3.43. The van der Waals surface area contributed by atoms with Gasteiger partial charge in [-0.2, -0.15) is 0 Å². The van der Waals surface area contributed by atoms with Crippen LogP contribution in [0, 0.1) is 12.7 Å². The molecule has 3 heterocycles. The lowest BCUT2D eigenvalue weighted by molar-refractivity contribution is -0.0344. The van der Waals surface area contributed by atoms with Crippen LogP contribution in [-0.4, -0.2) is 53.6 Å². The van der Waals surface area contributed by atoms with Crippen molar-refractivity contribution < 1.29 is 9.13 Å². The minimum atomic E-state index is -0.281. The zero-order valence-electron chi connectivity index (χ0n) is 16.8. The number of nitrogens with zero attached hydrogens (tertiary/aromatic N) is 5. The number of benzene rings is 1. The molecule has 0 N–H and O–H groups in total. The summed E-state index contributed by atoms with van der Waals surface area (Å²) in [5.41, 5.74) is 2.35. The number of aromatic nitrogens is 3. The van der Waals surface area contributed by atoms with Crippen LogP contribution in [0.4, 0.5) is 10.3 Å². The van der Waals surface area contributed by atoms with Crippen LogP contribution in [-0.2, 0) is 11.3 Å². The number of thiazole rings is 1. The molecule has 4 rings (SSSR count). The Hall–Kier alpha value is -2.42. The number of hydrogen-bond acceptors (Lipinski definition) is 7. The highest BCUT2D eigenvalue weighted by Gasteiger charge is 2.27. The van der Waals surface area contributed by atoms with E-state index in [-0.39, 0.29) is 11.9 Å². The summed E-state index contributed by atoms with van der Waals surface area (Å²) in [5, 5.41) is 1.07. The molecule has 152 valence electrons. The predicted octanol–water partition coefficient (Wildman–Crippen LogP) is 3.69. The second-order valence-electron chi connectivity index (χ2n) is 7.31. The topological polar surface area (TPSA) is 54.4 Å². The van der Waals surface area contributed by atoms with E-state index in [0.717, 1.165) is 34.9 Å². The molecule has 0 bridgehead atoms. The SMILES string of the molecule is Cc1ncc(CN2CCO[C@@H](c3nc(N(C)C)ncc3-c3cccc(F)c3)C2)s1. The van der Waals surface area contributed by atoms with Gasteiger partial charge in [0.05, 0.1) is 17.3 Å². The zero-order chi connectivity index (χ0) is 20.4. The smallest absolute Gasteiger partial charge is 0.225 e. The highest BCUT2D eigenvalue weighted by atomic mass is 32.1.